The van der Waals surface area contributed by atoms with Crippen molar-refractivity contribution in [2.45, 2.75) is 19.4 Å². The fraction of sp³-hybridized carbons (Fsp3) is 0.400. The minimum absolute atomic E-state index is 0.619. The van der Waals surface area contributed by atoms with E-state index < -0.39 is 0 Å². The van der Waals surface area contributed by atoms with Crippen molar-refractivity contribution < 1.29 is 0 Å². The summed E-state index contributed by atoms with van der Waals surface area (Å²) in [6.07, 6.45) is 2.89. The van der Waals surface area contributed by atoms with Crippen LogP contribution in [0.4, 0.5) is 5.82 Å². The zero-order valence-electron chi connectivity index (χ0n) is 7.90. The Balaban J connectivity index is 1.98. The summed E-state index contributed by atoms with van der Waals surface area (Å²) in [5.74, 6) is 1.78. The SMILES string of the molecule is C[C@@H]1C[C@H]1Nc1ncnc2sccc12. The minimum Gasteiger partial charge on any atom is -0.366 e. The number of hydrogen-bond acceptors (Lipinski definition) is 4. The summed E-state index contributed by atoms with van der Waals surface area (Å²) in [5.41, 5.74) is 0. The Morgan fingerprint density at radius 3 is 3.14 bits per heavy atom. The van der Waals surface area contributed by atoms with Crippen molar-refractivity contribution in [3.05, 3.63) is 17.8 Å². The van der Waals surface area contributed by atoms with E-state index >= 15 is 0 Å². The van der Waals surface area contributed by atoms with Crippen LogP contribution in [0.25, 0.3) is 10.2 Å². The molecule has 0 bridgehead atoms. The van der Waals surface area contributed by atoms with E-state index in [0.29, 0.717) is 6.04 Å². The number of aromatic nitrogens is 2. The molecule has 1 saturated carbocycles. The maximum atomic E-state index is 4.28. The lowest BCUT2D eigenvalue weighted by molar-refractivity contribution is 0.924. The molecule has 0 saturated heterocycles. The predicted molar refractivity (Wildman–Crippen MR) is 58.6 cm³/mol. The fourth-order valence-corrected chi connectivity index (χ4v) is 2.34. The first-order valence-corrected chi connectivity index (χ1v) is 5.67. The van der Waals surface area contributed by atoms with Gasteiger partial charge in [0.05, 0.1) is 5.39 Å². The summed E-state index contributed by atoms with van der Waals surface area (Å²) in [4.78, 5) is 9.56. The molecular formula is C10H11N3S. The van der Waals surface area contributed by atoms with Gasteiger partial charge in [-0.1, -0.05) is 6.92 Å². The zero-order valence-corrected chi connectivity index (χ0v) is 8.71. The minimum atomic E-state index is 0.619. The standard InChI is InChI=1S/C10H11N3S/c1-6-4-8(6)13-9-7-2-3-14-10(7)12-5-11-9/h2-3,5-6,8H,4H2,1H3,(H,11,12,13)/t6-,8-/m1/s1. The van der Waals surface area contributed by atoms with Crippen molar-refractivity contribution in [1.29, 1.82) is 0 Å². The highest BCUT2D eigenvalue weighted by Gasteiger charge is 2.32. The van der Waals surface area contributed by atoms with E-state index in [1.165, 1.54) is 6.42 Å². The molecule has 2 heterocycles. The van der Waals surface area contributed by atoms with E-state index in [0.717, 1.165) is 22.0 Å². The molecule has 4 heteroatoms. The summed E-state index contributed by atoms with van der Waals surface area (Å²) in [7, 11) is 0. The molecule has 0 unspecified atom stereocenters. The van der Waals surface area contributed by atoms with Gasteiger partial charge in [-0.15, -0.1) is 11.3 Å². The van der Waals surface area contributed by atoms with E-state index in [2.05, 4.69) is 33.7 Å². The first-order chi connectivity index (χ1) is 6.84. The Morgan fingerprint density at radius 2 is 2.36 bits per heavy atom. The zero-order chi connectivity index (χ0) is 9.54. The molecule has 0 amide bonds. The van der Waals surface area contributed by atoms with Gasteiger partial charge in [-0.05, 0) is 23.8 Å². The van der Waals surface area contributed by atoms with E-state index in [-0.39, 0.29) is 0 Å². The van der Waals surface area contributed by atoms with Crippen LogP contribution in [0, 0.1) is 5.92 Å². The molecule has 3 nitrogen and oxygen atoms in total. The molecular weight excluding hydrogens is 194 g/mol. The summed E-state index contributed by atoms with van der Waals surface area (Å²) in [6, 6.07) is 2.70. The second-order valence-corrected chi connectivity index (χ2v) is 4.72. The highest BCUT2D eigenvalue weighted by Crippen LogP contribution is 2.34. The average molecular weight is 205 g/mol. The van der Waals surface area contributed by atoms with E-state index in [9.17, 15) is 0 Å². The van der Waals surface area contributed by atoms with Gasteiger partial charge in [0, 0.05) is 6.04 Å². The second-order valence-electron chi connectivity index (χ2n) is 3.83. The first-order valence-electron chi connectivity index (χ1n) is 4.79. The van der Waals surface area contributed by atoms with Gasteiger partial charge in [-0.2, -0.15) is 0 Å². The van der Waals surface area contributed by atoms with Crippen LogP contribution in [0.3, 0.4) is 0 Å². The molecule has 0 radical (unpaired) electrons. The number of nitrogens with zero attached hydrogens (tertiary/aromatic N) is 2. The second kappa shape index (κ2) is 2.92. The molecule has 0 aliphatic heterocycles. The summed E-state index contributed by atoms with van der Waals surface area (Å²) < 4.78 is 0. The van der Waals surface area contributed by atoms with Crippen LogP contribution in [0.15, 0.2) is 17.8 Å². The smallest absolute Gasteiger partial charge is 0.138 e. The number of anilines is 1. The molecule has 0 aromatic carbocycles. The predicted octanol–water partition coefficient (Wildman–Crippen LogP) is 2.51. The lowest BCUT2D eigenvalue weighted by Gasteiger charge is -2.03. The molecule has 2 atom stereocenters. The summed E-state index contributed by atoms with van der Waals surface area (Å²) in [6.45, 7) is 2.25. The molecule has 1 fully saturated rings. The van der Waals surface area contributed by atoms with Crippen LogP contribution >= 0.6 is 11.3 Å². The quantitative estimate of drug-likeness (QED) is 0.818. The molecule has 0 spiro atoms. The molecule has 2 aromatic rings. The molecule has 1 aliphatic carbocycles. The number of fused-ring (bicyclic) bond motifs is 1. The largest absolute Gasteiger partial charge is 0.366 e. The van der Waals surface area contributed by atoms with Crippen molar-refractivity contribution in [3.8, 4) is 0 Å². The summed E-state index contributed by atoms with van der Waals surface area (Å²) >= 11 is 1.66. The number of rotatable bonds is 2. The van der Waals surface area contributed by atoms with Gasteiger partial charge in [-0.25, -0.2) is 9.97 Å². The van der Waals surface area contributed by atoms with E-state index in [1.807, 2.05) is 0 Å². The lowest BCUT2D eigenvalue weighted by Crippen LogP contribution is -2.05. The van der Waals surface area contributed by atoms with Gasteiger partial charge in [0.2, 0.25) is 0 Å². The molecule has 1 N–H and O–H groups in total. The van der Waals surface area contributed by atoms with Crippen LogP contribution < -0.4 is 5.32 Å². The van der Waals surface area contributed by atoms with Crippen molar-refractivity contribution in [3.63, 3.8) is 0 Å². The highest BCUT2D eigenvalue weighted by molar-refractivity contribution is 7.16. The maximum Gasteiger partial charge on any atom is 0.138 e. The van der Waals surface area contributed by atoms with Gasteiger partial charge < -0.3 is 5.32 Å². The van der Waals surface area contributed by atoms with Gasteiger partial charge in [0.25, 0.3) is 0 Å². The number of hydrogen-bond donors (Lipinski definition) is 1. The number of nitrogens with one attached hydrogen (secondary N) is 1. The third-order valence-electron chi connectivity index (χ3n) is 2.69. The molecule has 1 aliphatic rings. The van der Waals surface area contributed by atoms with Crippen molar-refractivity contribution in [2.24, 2.45) is 5.92 Å². The number of thiophene rings is 1. The third-order valence-corrected chi connectivity index (χ3v) is 3.51. The first kappa shape index (κ1) is 8.17. The molecule has 14 heavy (non-hydrogen) atoms. The van der Waals surface area contributed by atoms with Gasteiger partial charge >= 0.3 is 0 Å². The third kappa shape index (κ3) is 1.26. The Labute approximate surface area is 86.2 Å². The average Bonchev–Trinajstić information content (AvgIpc) is 2.69. The van der Waals surface area contributed by atoms with E-state index in [4.69, 9.17) is 0 Å². The Hall–Kier alpha value is -1.16. The van der Waals surface area contributed by atoms with Crippen molar-refractivity contribution in [1.82, 2.24) is 9.97 Å². The van der Waals surface area contributed by atoms with Gasteiger partial charge in [-0.3, -0.25) is 0 Å². The monoisotopic (exact) mass is 205 g/mol. The van der Waals surface area contributed by atoms with Gasteiger partial charge in [0.15, 0.2) is 0 Å². The van der Waals surface area contributed by atoms with Crippen LogP contribution in [0.1, 0.15) is 13.3 Å². The lowest BCUT2D eigenvalue weighted by atomic mass is 10.3. The van der Waals surface area contributed by atoms with Crippen molar-refractivity contribution in [2.75, 3.05) is 5.32 Å². The Morgan fingerprint density at radius 1 is 1.50 bits per heavy atom. The van der Waals surface area contributed by atoms with Crippen molar-refractivity contribution >= 4 is 27.4 Å². The topological polar surface area (TPSA) is 37.8 Å². The van der Waals surface area contributed by atoms with Gasteiger partial charge in [0.1, 0.15) is 17.0 Å². The normalized spacial score (nSPS) is 25.2. The fourth-order valence-electron chi connectivity index (χ4n) is 1.60. The van der Waals surface area contributed by atoms with Crippen LogP contribution in [-0.4, -0.2) is 16.0 Å². The van der Waals surface area contributed by atoms with E-state index in [1.54, 1.807) is 17.7 Å². The van der Waals surface area contributed by atoms with Crippen LogP contribution in [0.2, 0.25) is 0 Å². The highest BCUT2D eigenvalue weighted by atomic mass is 32.1. The Bertz CT molecular complexity index is 465. The Kier molecular flexibility index (Phi) is 1.70. The molecule has 2 aromatic heterocycles. The van der Waals surface area contributed by atoms with Crippen LogP contribution in [-0.2, 0) is 0 Å². The molecule has 72 valence electrons. The van der Waals surface area contributed by atoms with Crippen LogP contribution in [0.5, 0.6) is 0 Å². The molecule has 3 rings (SSSR count). The summed E-state index contributed by atoms with van der Waals surface area (Å²) in [5, 5.41) is 6.66. The maximum absolute atomic E-state index is 4.28.